The van der Waals surface area contributed by atoms with Crippen molar-refractivity contribution in [1.29, 1.82) is 0 Å². The number of nitrogens with zero attached hydrogens (tertiary/aromatic N) is 2. The third-order valence-corrected chi connectivity index (χ3v) is 4.96. The molecule has 0 aliphatic rings. The number of methoxy groups -OCH3 is 1. The van der Waals surface area contributed by atoms with E-state index in [9.17, 15) is 13.2 Å². The molecule has 0 aliphatic heterocycles. The van der Waals surface area contributed by atoms with Gasteiger partial charge in [-0.05, 0) is 44.2 Å². The second-order valence-corrected chi connectivity index (χ2v) is 9.36. The SMILES string of the molecule is COc1ncccc1-c1cc(C(=O)NS(C)(=O)=O)ccc1Oc1cnc(OC(C)C)c(Cl)c1. The predicted molar refractivity (Wildman–Crippen MR) is 124 cm³/mol. The van der Waals surface area contributed by atoms with Crippen molar-refractivity contribution in [2.24, 2.45) is 0 Å². The third kappa shape index (κ3) is 6.33. The first-order valence-corrected chi connectivity index (χ1v) is 12.0. The predicted octanol–water partition coefficient (Wildman–Crippen LogP) is 4.07. The van der Waals surface area contributed by atoms with Crippen LogP contribution in [0.25, 0.3) is 11.1 Å². The van der Waals surface area contributed by atoms with Gasteiger partial charge in [-0.2, -0.15) is 0 Å². The van der Waals surface area contributed by atoms with Crippen molar-refractivity contribution in [3.8, 4) is 34.4 Å². The van der Waals surface area contributed by atoms with Crippen LogP contribution in [0, 0.1) is 0 Å². The number of sulfonamides is 1. The van der Waals surface area contributed by atoms with E-state index in [0.717, 1.165) is 6.26 Å². The second-order valence-electron chi connectivity index (χ2n) is 7.20. The molecule has 0 unspecified atom stereocenters. The molecule has 0 radical (unpaired) electrons. The van der Waals surface area contributed by atoms with Gasteiger partial charge in [0.05, 0.1) is 25.7 Å². The monoisotopic (exact) mass is 491 g/mol. The largest absolute Gasteiger partial charge is 0.481 e. The first kappa shape index (κ1) is 24.3. The van der Waals surface area contributed by atoms with Crippen LogP contribution in [0.4, 0.5) is 0 Å². The molecule has 174 valence electrons. The zero-order valence-electron chi connectivity index (χ0n) is 18.3. The smallest absolute Gasteiger partial charge is 0.264 e. The summed E-state index contributed by atoms with van der Waals surface area (Å²) in [5.41, 5.74) is 1.08. The van der Waals surface area contributed by atoms with E-state index in [0.29, 0.717) is 28.5 Å². The van der Waals surface area contributed by atoms with Crippen LogP contribution in [0.3, 0.4) is 0 Å². The van der Waals surface area contributed by atoms with E-state index < -0.39 is 15.9 Å². The van der Waals surface area contributed by atoms with Crippen LogP contribution >= 0.6 is 11.6 Å². The van der Waals surface area contributed by atoms with Crippen molar-refractivity contribution in [1.82, 2.24) is 14.7 Å². The summed E-state index contributed by atoms with van der Waals surface area (Å²) in [5.74, 6) is 0.454. The minimum Gasteiger partial charge on any atom is -0.481 e. The molecule has 0 saturated heterocycles. The Morgan fingerprint density at radius 1 is 1.09 bits per heavy atom. The lowest BCUT2D eigenvalue weighted by molar-refractivity contribution is 0.0981. The minimum absolute atomic E-state index is 0.1000. The average molecular weight is 492 g/mol. The molecule has 2 heterocycles. The van der Waals surface area contributed by atoms with E-state index in [1.807, 2.05) is 18.6 Å². The van der Waals surface area contributed by atoms with Crippen LogP contribution < -0.4 is 18.9 Å². The molecular weight excluding hydrogens is 470 g/mol. The number of carbonyl (C=O) groups is 1. The summed E-state index contributed by atoms with van der Waals surface area (Å²) in [4.78, 5) is 20.8. The number of hydrogen-bond donors (Lipinski definition) is 1. The standard InChI is InChI=1S/C22H22ClN3O6S/c1-13(2)31-22-18(23)11-15(12-25-22)32-19-8-7-14(20(27)26-33(4,28)29)10-17(19)16-6-5-9-24-21(16)30-3/h5-13H,1-4H3,(H,26,27). The summed E-state index contributed by atoms with van der Waals surface area (Å²) in [6.07, 6.45) is 3.81. The fourth-order valence-electron chi connectivity index (χ4n) is 2.86. The summed E-state index contributed by atoms with van der Waals surface area (Å²) < 4.78 is 41.8. The number of hydrogen-bond acceptors (Lipinski definition) is 8. The molecule has 0 bridgehead atoms. The van der Waals surface area contributed by atoms with E-state index >= 15 is 0 Å². The minimum atomic E-state index is -3.74. The maximum absolute atomic E-state index is 12.4. The highest BCUT2D eigenvalue weighted by atomic mass is 35.5. The molecular formula is C22H22ClN3O6S. The molecule has 1 N–H and O–H groups in total. The normalized spacial score (nSPS) is 11.2. The van der Waals surface area contributed by atoms with Crippen LogP contribution in [0.15, 0.2) is 48.8 Å². The van der Waals surface area contributed by atoms with Gasteiger partial charge in [-0.25, -0.2) is 23.1 Å². The van der Waals surface area contributed by atoms with Crippen LogP contribution in [0.5, 0.6) is 23.3 Å². The molecule has 3 aromatic rings. The molecule has 0 aliphatic carbocycles. The molecule has 0 spiro atoms. The zero-order chi connectivity index (χ0) is 24.2. The summed E-state index contributed by atoms with van der Waals surface area (Å²) >= 11 is 6.27. The molecule has 0 atom stereocenters. The van der Waals surface area contributed by atoms with Crippen molar-refractivity contribution in [2.45, 2.75) is 20.0 Å². The average Bonchev–Trinajstić information content (AvgIpc) is 2.74. The number of carbonyl (C=O) groups excluding carboxylic acids is 1. The maximum Gasteiger partial charge on any atom is 0.264 e. The lowest BCUT2D eigenvalue weighted by Crippen LogP contribution is -2.29. The van der Waals surface area contributed by atoms with E-state index in [1.54, 1.807) is 24.4 Å². The summed E-state index contributed by atoms with van der Waals surface area (Å²) in [7, 11) is -2.28. The Kier molecular flexibility index (Phi) is 7.39. The first-order valence-electron chi connectivity index (χ1n) is 9.73. The van der Waals surface area contributed by atoms with Gasteiger partial charge in [-0.15, -0.1) is 0 Å². The maximum atomic E-state index is 12.4. The Morgan fingerprint density at radius 3 is 2.48 bits per heavy atom. The van der Waals surface area contributed by atoms with Crippen molar-refractivity contribution in [3.05, 3.63) is 59.4 Å². The van der Waals surface area contributed by atoms with Gasteiger partial charge in [-0.1, -0.05) is 11.6 Å². The van der Waals surface area contributed by atoms with E-state index in [2.05, 4.69) is 9.97 Å². The van der Waals surface area contributed by atoms with E-state index in [-0.39, 0.29) is 22.6 Å². The fraction of sp³-hybridized carbons (Fsp3) is 0.227. The topological polar surface area (TPSA) is 117 Å². The van der Waals surface area contributed by atoms with E-state index in [1.165, 1.54) is 31.5 Å². The highest BCUT2D eigenvalue weighted by molar-refractivity contribution is 7.89. The molecule has 0 fully saturated rings. The zero-order valence-corrected chi connectivity index (χ0v) is 19.9. The molecule has 9 nitrogen and oxygen atoms in total. The number of benzene rings is 1. The Morgan fingerprint density at radius 2 is 1.85 bits per heavy atom. The van der Waals surface area contributed by atoms with Gasteiger partial charge < -0.3 is 14.2 Å². The van der Waals surface area contributed by atoms with E-state index in [4.69, 9.17) is 25.8 Å². The molecule has 2 aromatic heterocycles. The number of halogens is 1. The number of amides is 1. The summed E-state index contributed by atoms with van der Waals surface area (Å²) in [6, 6.07) is 9.44. The van der Waals surface area contributed by atoms with Gasteiger partial charge in [0.15, 0.2) is 0 Å². The Balaban J connectivity index is 2.05. The Labute approximate surface area is 196 Å². The Hall–Kier alpha value is -3.37. The quantitative estimate of drug-likeness (QED) is 0.501. The second kappa shape index (κ2) is 10.1. The van der Waals surface area contributed by atoms with Gasteiger partial charge in [0.1, 0.15) is 16.5 Å². The van der Waals surface area contributed by atoms with Crippen LogP contribution in [-0.4, -0.2) is 43.8 Å². The van der Waals surface area contributed by atoms with Crippen LogP contribution in [0.1, 0.15) is 24.2 Å². The van der Waals surface area contributed by atoms with Crippen molar-refractivity contribution < 1.29 is 27.4 Å². The van der Waals surface area contributed by atoms with Crippen molar-refractivity contribution >= 4 is 27.5 Å². The van der Waals surface area contributed by atoms with Gasteiger partial charge in [0, 0.05) is 29.0 Å². The van der Waals surface area contributed by atoms with Gasteiger partial charge >= 0.3 is 0 Å². The fourth-order valence-corrected chi connectivity index (χ4v) is 3.51. The summed E-state index contributed by atoms with van der Waals surface area (Å²) in [6.45, 7) is 3.72. The number of pyridine rings is 2. The number of rotatable bonds is 8. The number of ether oxygens (including phenoxy) is 3. The van der Waals surface area contributed by atoms with Crippen LogP contribution in [-0.2, 0) is 10.0 Å². The molecule has 1 amide bonds. The van der Waals surface area contributed by atoms with Crippen LogP contribution in [0.2, 0.25) is 5.02 Å². The number of aromatic nitrogens is 2. The van der Waals surface area contributed by atoms with Crippen molar-refractivity contribution in [2.75, 3.05) is 13.4 Å². The highest BCUT2D eigenvalue weighted by Gasteiger charge is 2.19. The lowest BCUT2D eigenvalue weighted by Gasteiger charge is -2.15. The molecule has 0 saturated carbocycles. The van der Waals surface area contributed by atoms with Gasteiger partial charge in [0.2, 0.25) is 21.8 Å². The Bertz CT molecular complexity index is 1280. The molecule has 11 heteroatoms. The first-order chi connectivity index (χ1) is 15.6. The lowest BCUT2D eigenvalue weighted by atomic mass is 10.0. The molecule has 1 aromatic carbocycles. The van der Waals surface area contributed by atoms with Gasteiger partial charge in [0.25, 0.3) is 5.91 Å². The molecule has 3 rings (SSSR count). The highest BCUT2D eigenvalue weighted by Crippen LogP contribution is 2.39. The molecule has 33 heavy (non-hydrogen) atoms. The summed E-state index contributed by atoms with van der Waals surface area (Å²) in [5, 5.41) is 0.269. The third-order valence-electron chi connectivity index (χ3n) is 4.13. The van der Waals surface area contributed by atoms with Crippen molar-refractivity contribution in [3.63, 3.8) is 0 Å². The number of nitrogens with one attached hydrogen (secondary N) is 1. The van der Waals surface area contributed by atoms with Gasteiger partial charge in [-0.3, -0.25) is 4.79 Å².